The summed E-state index contributed by atoms with van der Waals surface area (Å²) in [6.45, 7) is 6.40. The molecule has 384 valence electrons. The van der Waals surface area contributed by atoms with Gasteiger partial charge in [-0.3, -0.25) is 14.4 Å². The maximum absolute atomic E-state index is 12.8. The van der Waals surface area contributed by atoms with Crippen molar-refractivity contribution in [2.24, 2.45) is 0 Å². The fourth-order valence-corrected chi connectivity index (χ4v) is 7.08. The van der Waals surface area contributed by atoms with Crippen LogP contribution in [0, 0.1) is 0 Å². The number of allylic oxidation sites excluding steroid dienone is 20. The van der Waals surface area contributed by atoms with Crippen molar-refractivity contribution in [1.82, 2.24) is 0 Å². The molecule has 0 aliphatic heterocycles. The first-order valence-electron chi connectivity index (χ1n) is 27.5. The van der Waals surface area contributed by atoms with Gasteiger partial charge in [-0.25, -0.2) is 0 Å². The first kappa shape index (κ1) is 63.8. The Bertz CT molecular complexity index is 1450. The normalized spacial score (nSPS) is 13.0. The third kappa shape index (κ3) is 52.8. The average Bonchev–Trinajstić information content (AvgIpc) is 3.34. The molecule has 0 radical (unpaired) electrons. The standard InChI is InChI=1S/C62H100O6/c1-4-7-10-13-16-18-20-22-24-25-26-27-28-29-30-31-32-33-34-35-36-37-38-40-41-43-46-49-52-55-61(64)67-58-59(57-66-60(63)54-51-48-45-15-12-9-6-3)68-62(65)56-53-50-47-44-42-39-23-21-19-17-14-11-8-5-2/h7,10,16,18,21-24,26-27,29-30,32-33,35-36,38,40,43,46,59H,4-6,8-9,11-15,17,19-20,25,28,31,34,37,39,41-42,44-45,47-58H2,1-3H3/b10-7-,18-16-,23-21-,24-22-,27-26-,30-29-,33-32-,36-35-,40-38-,46-43-. The van der Waals surface area contributed by atoms with E-state index in [9.17, 15) is 14.4 Å². The molecule has 0 aromatic carbocycles. The lowest BCUT2D eigenvalue weighted by Gasteiger charge is -2.18. The Balaban J connectivity index is 4.32. The van der Waals surface area contributed by atoms with Crippen LogP contribution in [-0.4, -0.2) is 37.2 Å². The molecule has 0 rings (SSSR count). The maximum Gasteiger partial charge on any atom is 0.306 e. The molecule has 0 aliphatic rings. The molecule has 0 aromatic heterocycles. The Morgan fingerprint density at radius 3 is 0.971 bits per heavy atom. The summed E-state index contributed by atoms with van der Waals surface area (Å²) in [5, 5.41) is 0. The van der Waals surface area contributed by atoms with Crippen LogP contribution < -0.4 is 0 Å². The monoisotopic (exact) mass is 941 g/mol. The zero-order valence-corrected chi connectivity index (χ0v) is 43.8. The summed E-state index contributed by atoms with van der Waals surface area (Å²) in [5.74, 6) is -0.985. The molecule has 6 heteroatoms. The van der Waals surface area contributed by atoms with Gasteiger partial charge in [0.1, 0.15) is 13.2 Å². The summed E-state index contributed by atoms with van der Waals surface area (Å²) >= 11 is 0. The lowest BCUT2D eigenvalue weighted by atomic mass is 10.1. The number of hydrogen-bond donors (Lipinski definition) is 0. The SMILES string of the molecule is CC/C=C\C/C=C\C/C=C\C/C=C\C/C=C\C/C=C\C/C=C\C/C=C\C/C=C\CCCC(=O)OCC(COC(=O)CCCCCCCCC)OC(=O)CCCCCCC/C=C\CCCCCCC. The molecular formula is C62H100O6. The molecule has 6 nitrogen and oxygen atoms in total. The number of carbonyl (C=O) groups excluding carboxylic acids is 3. The van der Waals surface area contributed by atoms with E-state index in [1.54, 1.807) is 0 Å². The smallest absolute Gasteiger partial charge is 0.306 e. The Morgan fingerprint density at radius 2 is 0.588 bits per heavy atom. The molecule has 1 unspecified atom stereocenters. The minimum atomic E-state index is -0.805. The first-order valence-corrected chi connectivity index (χ1v) is 27.5. The van der Waals surface area contributed by atoms with Crippen LogP contribution in [-0.2, 0) is 28.6 Å². The van der Waals surface area contributed by atoms with E-state index in [4.69, 9.17) is 14.2 Å². The van der Waals surface area contributed by atoms with Gasteiger partial charge in [-0.05, 0) is 109 Å². The Hall–Kier alpha value is -4.19. The van der Waals surface area contributed by atoms with Gasteiger partial charge in [-0.15, -0.1) is 0 Å². The lowest BCUT2D eigenvalue weighted by molar-refractivity contribution is -0.167. The molecule has 0 aliphatic carbocycles. The van der Waals surface area contributed by atoms with Crippen molar-refractivity contribution in [1.29, 1.82) is 0 Å². The van der Waals surface area contributed by atoms with E-state index in [1.165, 1.54) is 70.6 Å². The van der Waals surface area contributed by atoms with Crippen LogP contribution >= 0.6 is 0 Å². The number of hydrogen-bond acceptors (Lipinski definition) is 6. The fourth-order valence-electron chi connectivity index (χ4n) is 7.08. The van der Waals surface area contributed by atoms with Gasteiger partial charge in [0.2, 0.25) is 0 Å². The van der Waals surface area contributed by atoms with Gasteiger partial charge in [0.15, 0.2) is 6.10 Å². The highest BCUT2D eigenvalue weighted by molar-refractivity contribution is 5.71. The van der Waals surface area contributed by atoms with Crippen LogP contribution in [0.2, 0.25) is 0 Å². The first-order chi connectivity index (χ1) is 33.5. The Morgan fingerprint density at radius 1 is 0.309 bits per heavy atom. The van der Waals surface area contributed by atoms with Crippen LogP contribution in [0.3, 0.4) is 0 Å². The average molecular weight is 941 g/mol. The molecule has 0 heterocycles. The van der Waals surface area contributed by atoms with E-state index in [2.05, 4.69) is 142 Å². The second kappa shape index (κ2) is 55.4. The number of unbranched alkanes of at least 4 members (excludes halogenated alkanes) is 17. The molecule has 0 aromatic rings. The van der Waals surface area contributed by atoms with Gasteiger partial charge in [0.25, 0.3) is 0 Å². The molecule has 0 saturated carbocycles. The van der Waals surface area contributed by atoms with E-state index in [1.807, 2.05) is 0 Å². The molecular weight excluding hydrogens is 841 g/mol. The molecule has 1 atom stereocenters. The largest absolute Gasteiger partial charge is 0.462 e. The number of esters is 3. The van der Waals surface area contributed by atoms with Crippen molar-refractivity contribution >= 4 is 17.9 Å². The molecule has 0 fully saturated rings. The summed E-state index contributed by atoms with van der Waals surface area (Å²) in [6.07, 6.45) is 76.4. The summed E-state index contributed by atoms with van der Waals surface area (Å²) in [4.78, 5) is 37.8. The van der Waals surface area contributed by atoms with Gasteiger partial charge in [0, 0.05) is 19.3 Å². The molecule has 0 amide bonds. The van der Waals surface area contributed by atoms with Crippen LogP contribution in [0.1, 0.15) is 233 Å². The molecule has 68 heavy (non-hydrogen) atoms. The zero-order valence-electron chi connectivity index (χ0n) is 43.8. The molecule has 0 bridgehead atoms. The van der Waals surface area contributed by atoms with E-state index in [0.717, 1.165) is 116 Å². The van der Waals surface area contributed by atoms with Gasteiger partial charge in [-0.2, -0.15) is 0 Å². The predicted octanol–water partition coefficient (Wildman–Crippen LogP) is 18.5. The van der Waals surface area contributed by atoms with Crippen molar-refractivity contribution in [3.63, 3.8) is 0 Å². The van der Waals surface area contributed by atoms with Crippen LogP contribution in [0.15, 0.2) is 122 Å². The van der Waals surface area contributed by atoms with Crippen LogP contribution in [0.4, 0.5) is 0 Å². The summed E-state index contributed by atoms with van der Waals surface area (Å²) in [7, 11) is 0. The third-order valence-electron chi connectivity index (χ3n) is 11.2. The summed E-state index contributed by atoms with van der Waals surface area (Å²) in [6, 6.07) is 0. The quantitative estimate of drug-likeness (QED) is 0.0262. The highest BCUT2D eigenvalue weighted by atomic mass is 16.6. The summed E-state index contributed by atoms with van der Waals surface area (Å²) < 4.78 is 16.7. The van der Waals surface area contributed by atoms with Gasteiger partial charge < -0.3 is 14.2 Å². The van der Waals surface area contributed by atoms with Crippen LogP contribution in [0.5, 0.6) is 0 Å². The topological polar surface area (TPSA) is 78.9 Å². The van der Waals surface area contributed by atoms with Crippen molar-refractivity contribution < 1.29 is 28.6 Å². The zero-order chi connectivity index (χ0) is 49.3. The predicted molar refractivity (Wildman–Crippen MR) is 293 cm³/mol. The minimum Gasteiger partial charge on any atom is -0.462 e. The van der Waals surface area contributed by atoms with Gasteiger partial charge in [-0.1, -0.05) is 226 Å². The fraction of sp³-hybridized carbons (Fsp3) is 0.629. The number of carbonyl (C=O) groups is 3. The van der Waals surface area contributed by atoms with E-state index in [-0.39, 0.29) is 37.5 Å². The second-order valence-electron chi connectivity index (χ2n) is 17.8. The molecule has 0 saturated heterocycles. The second-order valence-corrected chi connectivity index (χ2v) is 17.8. The van der Waals surface area contributed by atoms with Crippen molar-refractivity contribution in [2.45, 2.75) is 239 Å². The van der Waals surface area contributed by atoms with E-state index < -0.39 is 6.10 Å². The molecule has 0 N–H and O–H groups in total. The Kier molecular flexibility index (Phi) is 52.0. The van der Waals surface area contributed by atoms with Crippen LogP contribution in [0.25, 0.3) is 0 Å². The highest BCUT2D eigenvalue weighted by Crippen LogP contribution is 2.13. The number of rotatable bonds is 48. The third-order valence-corrected chi connectivity index (χ3v) is 11.2. The van der Waals surface area contributed by atoms with Crippen molar-refractivity contribution in [3.8, 4) is 0 Å². The van der Waals surface area contributed by atoms with E-state index in [0.29, 0.717) is 19.3 Å². The maximum atomic E-state index is 12.8. The minimum absolute atomic E-state index is 0.101. The van der Waals surface area contributed by atoms with Crippen molar-refractivity contribution in [2.75, 3.05) is 13.2 Å². The Labute approximate surface area is 418 Å². The number of ether oxygens (including phenoxy) is 3. The lowest BCUT2D eigenvalue weighted by Crippen LogP contribution is -2.30. The van der Waals surface area contributed by atoms with E-state index >= 15 is 0 Å². The van der Waals surface area contributed by atoms with Gasteiger partial charge in [0.05, 0.1) is 0 Å². The summed E-state index contributed by atoms with van der Waals surface area (Å²) in [5.41, 5.74) is 0. The van der Waals surface area contributed by atoms with Crippen molar-refractivity contribution in [3.05, 3.63) is 122 Å². The molecule has 0 spiro atoms. The van der Waals surface area contributed by atoms with Gasteiger partial charge >= 0.3 is 17.9 Å². The highest BCUT2D eigenvalue weighted by Gasteiger charge is 2.19.